The van der Waals surface area contributed by atoms with Crippen molar-refractivity contribution in [1.29, 1.82) is 0 Å². The normalized spacial score (nSPS) is 24.1. The highest BCUT2D eigenvalue weighted by Crippen LogP contribution is 2.28. The van der Waals surface area contributed by atoms with Crippen LogP contribution in [-0.2, 0) is 17.8 Å². The van der Waals surface area contributed by atoms with Crippen molar-refractivity contribution in [2.75, 3.05) is 13.1 Å². The second-order valence-corrected chi connectivity index (χ2v) is 5.56. The first-order valence-corrected chi connectivity index (χ1v) is 7.11. The van der Waals surface area contributed by atoms with Crippen LogP contribution in [0.2, 0.25) is 0 Å². The molecule has 1 atom stereocenters. The number of hydrogen-bond acceptors (Lipinski definition) is 4. The molecule has 1 saturated heterocycles. The van der Waals surface area contributed by atoms with Gasteiger partial charge in [-0.15, -0.1) is 10.2 Å². The van der Waals surface area contributed by atoms with Crippen LogP contribution >= 0.6 is 0 Å². The van der Waals surface area contributed by atoms with Crippen LogP contribution in [0, 0.1) is 5.92 Å². The molecule has 0 aromatic carbocycles. The lowest BCUT2D eigenvalue weighted by Crippen LogP contribution is -2.30. The molecular formula is C13H20N4O2. The zero-order chi connectivity index (χ0) is 13.2. The van der Waals surface area contributed by atoms with Crippen molar-refractivity contribution in [3.8, 4) is 0 Å². The van der Waals surface area contributed by atoms with Gasteiger partial charge in [-0.2, -0.15) is 0 Å². The van der Waals surface area contributed by atoms with E-state index in [1.54, 1.807) is 0 Å². The predicted molar refractivity (Wildman–Crippen MR) is 68.9 cm³/mol. The van der Waals surface area contributed by atoms with Gasteiger partial charge in [-0.25, -0.2) is 0 Å². The molecule has 0 aliphatic carbocycles. The predicted octanol–water partition coefficient (Wildman–Crippen LogP) is 0.782. The highest BCUT2D eigenvalue weighted by Gasteiger charge is 2.31. The van der Waals surface area contributed by atoms with Crippen LogP contribution in [0.4, 0.5) is 0 Å². The second-order valence-electron chi connectivity index (χ2n) is 5.56. The van der Waals surface area contributed by atoms with Crippen molar-refractivity contribution >= 4 is 5.97 Å². The third kappa shape index (κ3) is 2.49. The summed E-state index contributed by atoms with van der Waals surface area (Å²) in [6, 6.07) is 0. The Bertz CT molecular complexity index is 465. The van der Waals surface area contributed by atoms with E-state index in [4.69, 9.17) is 0 Å². The lowest BCUT2D eigenvalue weighted by Gasteiger charge is -2.24. The summed E-state index contributed by atoms with van der Waals surface area (Å²) in [5, 5.41) is 21.0. The summed E-state index contributed by atoms with van der Waals surface area (Å²) in [6.45, 7) is 3.01. The summed E-state index contributed by atoms with van der Waals surface area (Å²) in [7, 11) is 0. The highest BCUT2D eigenvalue weighted by molar-refractivity contribution is 5.75. The first-order valence-electron chi connectivity index (χ1n) is 7.11. The number of aliphatic carboxylic acids is 1. The molecule has 1 aromatic rings. The van der Waals surface area contributed by atoms with Crippen molar-refractivity contribution in [2.45, 2.75) is 44.6 Å². The molecular weight excluding hydrogens is 244 g/mol. The first kappa shape index (κ1) is 12.6. The Balaban J connectivity index is 1.78. The quantitative estimate of drug-likeness (QED) is 0.843. The number of carboxylic acid groups (broad SMARTS) is 1. The molecule has 0 bridgehead atoms. The first-order chi connectivity index (χ1) is 9.25. The lowest BCUT2D eigenvalue weighted by atomic mass is 9.94. The van der Waals surface area contributed by atoms with E-state index in [0.29, 0.717) is 18.2 Å². The number of piperidine rings is 1. The maximum Gasteiger partial charge on any atom is 0.314 e. The van der Waals surface area contributed by atoms with Crippen molar-refractivity contribution < 1.29 is 9.90 Å². The molecule has 3 rings (SSSR count). The molecule has 104 valence electrons. The van der Waals surface area contributed by atoms with Gasteiger partial charge in [0.25, 0.3) is 0 Å². The smallest absolute Gasteiger partial charge is 0.314 e. The average Bonchev–Trinajstić information content (AvgIpc) is 2.83. The van der Waals surface area contributed by atoms with Crippen molar-refractivity contribution in [2.24, 2.45) is 5.92 Å². The SMILES string of the molecule is O=C(O)C1CCCn2c(CC3CCNCC3)nnc21. The van der Waals surface area contributed by atoms with E-state index < -0.39 is 11.9 Å². The van der Waals surface area contributed by atoms with Crippen molar-refractivity contribution in [3.63, 3.8) is 0 Å². The van der Waals surface area contributed by atoms with E-state index in [0.717, 1.165) is 38.3 Å². The third-order valence-electron chi connectivity index (χ3n) is 4.27. The van der Waals surface area contributed by atoms with Crippen LogP contribution in [0.3, 0.4) is 0 Å². The largest absolute Gasteiger partial charge is 0.481 e. The summed E-state index contributed by atoms with van der Waals surface area (Å²) in [5.74, 6) is 1.04. The molecule has 0 amide bonds. The number of carboxylic acids is 1. The molecule has 1 fully saturated rings. The topological polar surface area (TPSA) is 80.0 Å². The van der Waals surface area contributed by atoms with E-state index in [1.165, 1.54) is 12.8 Å². The van der Waals surface area contributed by atoms with Gasteiger partial charge in [0.15, 0.2) is 0 Å². The van der Waals surface area contributed by atoms with Gasteiger partial charge < -0.3 is 15.0 Å². The minimum absolute atomic E-state index is 0.469. The Morgan fingerprint density at radius 3 is 2.84 bits per heavy atom. The number of hydrogen-bond donors (Lipinski definition) is 2. The van der Waals surface area contributed by atoms with Crippen LogP contribution in [0.5, 0.6) is 0 Å². The number of aromatic nitrogens is 3. The number of rotatable bonds is 3. The lowest BCUT2D eigenvalue weighted by molar-refractivity contribution is -0.139. The van der Waals surface area contributed by atoms with E-state index in [-0.39, 0.29) is 0 Å². The van der Waals surface area contributed by atoms with E-state index >= 15 is 0 Å². The Kier molecular flexibility index (Phi) is 3.50. The fourth-order valence-corrected chi connectivity index (χ4v) is 3.16. The van der Waals surface area contributed by atoms with Crippen molar-refractivity contribution in [1.82, 2.24) is 20.1 Å². The zero-order valence-corrected chi connectivity index (χ0v) is 11.0. The molecule has 0 spiro atoms. The van der Waals surface area contributed by atoms with Crippen LogP contribution in [0.15, 0.2) is 0 Å². The number of carbonyl (C=O) groups is 1. The molecule has 1 unspecified atom stereocenters. The van der Waals surface area contributed by atoms with Crippen LogP contribution < -0.4 is 5.32 Å². The molecule has 1 aromatic heterocycles. The van der Waals surface area contributed by atoms with Crippen LogP contribution in [0.1, 0.15) is 43.3 Å². The number of fused-ring (bicyclic) bond motifs is 1. The number of nitrogens with one attached hydrogen (secondary N) is 1. The maximum atomic E-state index is 11.2. The molecule has 2 aliphatic heterocycles. The number of nitrogens with zero attached hydrogens (tertiary/aromatic N) is 3. The zero-order valence-electron chi connectivity index (χ0n) is 11.0. The van der Waals surface area contributed by atoms with E-state index in [9.17, 15) is 9.90 Å². The van der Waals surface area contributed by atoms with Crippen LogP contribution in [-0.4, -0.2) is 38.9 Å². The van der Waals surface area contributed by atoms with Gasteiger partial charge >= 0.3 is 5.97 Å². The Morgan fingerprint density at radius 1 is 1.32 bits per heavy atom. The third-order valence-corrected chi connectivity index (χ3v) is 4.27. The van der Waals surface area contributed by atoms with Gasteiger partial charge in [-0.05, 0) is 44.7 Å². The second kappa shape index (κ2) is 5.28. The molecule has 2 N–H and O–H groups in total. The van der Waals surface area contributed by atoms with Gasteiger partial charge in [-0.1, -0.05) is 0 Å². The van der Waals surface area contributed by atoms with Crippen LogP contribution in [0.25, 0.3) is 0 Å². The maximum absolute atomic E-state index is 11.2. The van der Waals surface area contributed by atoms with Gasteiger partial charge in [0, 0.05) is 13.0 Å². The molecule has 3 heterocycles. The van der Waals surface area contributed by atoms with Gasteiger partial charge in [-0.3, -0.25) is 4.79 Å². The van der Waals surface area contributed by atoms with E-state index in [2.05, 4.69) is 15.5 Å². The fraction of sp³-hybridized carbons (Fsp3) is 0.769. The summed E-state index contributed by atoms with van der Waals surface area (Å²) in [5.41, 5.74) is 0. The minimum Gasteiger partial charge on any atom is -0.481 e. The standard InChI is InChI=1S/C13H20N4O2/c18-13(19)10-2-1-7-17-11(15-16-12(10)17)8-9-3-5-14-6-4-9/h9-10,14H,1-8H2,(H,18,19). The molecule has 2 aliphatic rings. The Hall–Kier alpha value is -1.43. The molecule has 6 nitrogen and oxygen atoms in total. The molecule has 0 saturated carbocycles. The Labute approximate surface area is 112 Å². The summed E-state index contributed by atoms with van der Waals surface area (Å²) in [6.07, 6.45) is 4.86. The summed E-state index contributed by atoms with van der Waals surface area (Å²) in [4.78, 5) is 11.2. The summed E-state index contributed by atoms with van der Waals surface area (Å²) >= 11 is 0. The molecule has 6 heteroatoms. The van der Waals surface area contributed by atoms with Crippen molar-refractivity contribution in [3.05, 3.63) is 11.6 Å². The van der Waals surface area contributed by atoms with E-state index in [1.807, 2.05) is 4.57 Å². The highest BCUT2D eigenvalue weighted by atomic mass is 16.4. The summed E-state index contributed by atoms with van der Waals surface area (Å²) < 4.78 is 2.05. The fourth-order valence-electron chi connectivity index (χ4n) is 3.16. The Morgan fingerprint density at radius 2 is 2.11 bits per heavy atom. The minimum atomic E-state index is -0.776. The van der Waals surface area contributed by atoms with Gasteiger partial charge in [0.2, 0.25) is 0 Å². The monoisotopic (exact) mass is 264 g/mol. The molecule has 19 heavy (non-hydrogen) atoms. The average molecular weight is 264 g/mol. The van der Waals surface area contributed by atoms with Gasteiger partial charge in [0.1, 0.15) is 17.6 Å². The van der Waals surface area contributed by atoms with Gasteiger partial charge in [0.05, 0.1) is 0 Å². The molecule has 0 radical (unpaired) electrons.